The van der Waals surface area contributed by atoms with E-state index in [1.807, 2.05) is 27.7 Å². The van der Waals surface area contributed by atoms with Crippen LogP contribution in [0, 0.1) is 16.7 Å². The SMILES string of the molecule is CO[C@H]1C[C@@]2(O)[C@@H](OC(=O)c3ccccc3)C3[C@](C)(C(=O)[C@H](OPP(P)P(P(P)P)P(P)P)C(=C1C)C2(C)C)[C@@H](OP(P(P)P)P(P)P)C[C@H]1OC[C@@]31OC(C)=O. The highest BCUT2D eigenvalue weighted by molar-refractivity contribution is 9.17. The first kappa shape index (κ1) is 52.6. The second-order valence-corrected chi connectivity index (χ2v) is 75.3. The maximum absolute atomic E-state index is 16.4. The Morgan fingerprint density at radius 3 is 2.04 bits per heavy atom. The van der Waals surface area contributed by atoms with E-state index in [0.29, 0.717) is 5.57 Å². The first-order valence-corrected chi connectivity index (χ1v) is 46.6. The average Bonchev–Trinajstić information content (AvgIpc) is 3.11. The molecule has 1 saturated heterocycles. The van der Waals surface area contributed by atoms with Crippen molar-refractivity contribution in [1.82, 2.24) is 0 Å². The number of hydrogen-bond acceptors (Lipinski definition) is 10. The molecule has 10 nitrogen and oxygen atoms in total. The highest BCUT2D eigenvalue weighted by Crippen LogP contribution is 3.12. The minimum atomic E-state index is -1.87. The first-order chi connectivity index (χ1) is 26.5. The molecule has 1 aromatic rings. The number of carbonyl (C=O) groups is 3. The van der Waals surface area contributed by atoms with Gasteiger partial charge in [-0.2, -0.15) is 0 Å². The number of ketones is 1. The molecule has 3 aliphatic carbocycles. The number of hydrogen-bond donors (Lipinski definition) is 1. The van der Waals surface area contributed by atoms with Crippen LogP contribution in [-0.4, -0.2) is 78.3 Å². The van der Waals surface area contributed by atoms with Crippen molar-refractivity contribution in [2.24, 2.45) is 16.7 Å². The fraction of sp³-hybridized carbons (Fsp3) is 0.633. The molecule has 0 radical (unpaired) electrons. The molecule has 12 unspecified atom stereocenters. The van der Waals surface area contributed by atoms with Gasteiger partial charge in [-0.3, -0.25) is 9.59 Å². The highest BCUT2D eigenvalue weighted by Gasteiger charge is 2.78. The predicted octanol–water partition coefficient (Wildman–Crippen LogP) is 12.3. The molecule has 2 bridgehead atoms. The number of ether oxygens (including phenoxy) is 4. The van der Waals surface area contributed by atoms with Crippen LogP contribution in [0.1, 0.15) is 57.8 Å². The van der Waals surface area contributed by atoms with Gasteiger partial charge in [0, 0.05) is 40.8 Å². The smallest absolute Gasteiger partial charge is 0.338 e. The molecule has 5 rings (SSSR count). The van der Waals surface area contributed by atoms with E-state index in [4.69, 9.17) is 28.0 Å². The number of rotatable bonds is 14. The summed E-state index contributed by atoms with van der Waals surface area (Å²) in [5.41, 5.74) is -4.36. The van der Waals surface area contributed by atoms with Gasteiger partial charge in [-0.05, 0) is 79.1 Å². The maximum atomic E-state index is 16.4. The standard InChI is InChI=1S/C30H55O10P17/c1-15-18(35-6)13-30(34)25(37-26(33)17-10-8-7-9-11-17)23-28(5,19(40-51(52(41)42)53(43)44)12-20-29(23,14-36-20)38-16(2)31)24(32)22(21(15)27(30,3)4)39-50-56(49)57(54(45)46)55(47)48/h7-11,18-20,22-23,25,34,50H,12-14,41-49H2,1-6H3/t18-,19-,20+,22+,23?,25-,28+,29-,30+,56?/m0/s1. The van der Waals surface area contributed by atoms with Gasteiger partial charge in [0.2, 0.25) is 0 Å². The third-order valence-electron chi connectivity index (χ3n) is 11.6. The van der Waals surface area contributed by atoms with Crippen LogP contribution in [0.15, 0.2) is 41.5 Å². The van der Waals surface area contributed by atoms with Crippen molar-refractivity contribution >= 4 is 156 Å². The second kappa shape index (κ2) is 21.3. The Morgan fingerprint density at radius 2 is 1.54 bits per heavy atom. The lowest BCUT2D eigenvalue weighted by molar-refractivity contribution is -0.343. The maximum Gasteiger partial charge on any atom is 0.338 e. The molecular weight excluding hydrogens is 1050 g/mol. The van der Waals surface area contributed by atoms with Crippen molar-refractivity contribution in [2.45, 2.75) is 89.2 Å². The van der Waals surface area contributed by atoms with E-state index in [2.05, 4.69) is 80.4 Å². The van der Waals surface area contributed by atoms with Gasteiger partial charge in [0.15, 0.2) is 11.4 Å². The number of esters is 2. The number of aliphatic hydroxyl groups is 1. The summed E-state index contributed by atoms with van der Waals surface area (Å²) in [6, 6.07) is 8.60. The molecule has 2 saturated carbocycles. The van der Waals surface area contributed by atoms with Crippen LogP contribution in [0.4, 0.5) is 0 Å². The van der Waals surface area contributed by atoms with Gasteiger partial charge in [0.25, 0.3) is 0 Å². The minimum Gasteiger partial charge on any atom is -0.455 e. The molecule has 1 aliphatic heterocycles. The topological polar surface area (TPSA) is 127 Å². The van der Waals surface area contributed by atoms with Crippen LogP contribution in [-0.2, 0) is 37.6 Å². The zero-order valence-corrected chi connectivity index (χ0v) is 50.1. The normalized spacial score (nSPS) is 34.5. The van der Waals surface area contributed by atoms with Crippen molar-refractivity contribution in [3.8, 4) is 0 Å². The van der Waals surface area contributed by atoms with Gasteiger partial charge >= 0.3 is 11.9 Å². The lowest BCUT2D eigenvalue weighted by Gasteiger charge is -2.68. The van der Waals surface area contributed by atoms with Crippen molar-refractivity contribution in [1.29, 1.82) is 0 Å². The van der Waals surface area contributed by atoms with Gasteiger partial charge in [-0.1, -0.05) is 41.0 Å². The average molecular weight is 1100 g/mol. The number of carbonyl (C=O) groups excluding carboxylic acids is 3. The molecule has 1 N–H and O–H groups in total. The summed E-state index contributed by atoms with van der Waals surface area (Å²) in [4.78, 5) is 44.1. The molecule has 320 valence electrons. The molecule has 1 aromatic carbocycles. The van der Waals surface area contributed by atoms with E-state index in [9.17, 15) is 14.7 Å². The monoisotopic (exact) mass is 1100 g/mol. The fourth-order valence-electron chi connectivity index (χ4n) is 8.94. The zero-order valence-electron chi connectivity index (χ0n) is 32.4. The van der Waals surface area contributed by atoms with E-state index in [-0.39, 0.29) is 39.3 Å². The Labute approximate surface area is 367 Å². The van der Waals surface area contributed by atoms with Crippen LogP contribution >= 0.6 is 138 Å². The molecule has 3 fully saturated rings. The van der Waals surface area contributed by atoms with Gasteiger partial charge < -0.3 is 33.1 Å². The number of fused-ring (bicyclic) bond motifs is 5. The zero-order chi connectivity index (χ0) is 42.6. The molecule has 20 atom stereocenters. The minimum absolute atomic E-state index is 0.0129. The van der Waals surface area contributed by atoms with E-state index >= 15 is 4.79 Å². The van der Waals surface area contributed by atoms with Gasteiger partial charge in [-0.15, -0.1) is 71.4 Å². The summed E-state index contributed by atoms with van der Waals surface area (Å²) in [5, 5.41) is 13.8. The Bertz CT molecular complexity index is 1680. The summed E-state index contributed by atoms with van der Waals surface area (Å²) < 4.78 is 39.8. The molecule has 0 amide bonds. The Hall–Kier alpha value is 4.68. The van der Waals surface area contributed by atoms with Gasteiger partial charge in [-0.25, -0.2) is 4.79 Å². The molecule has 4 aliphatic rings. The van der Waals surface area contributed by atoms with E-state index in [1.54, 1.807) is 37.4 Å². The Kier molecular flexibility index (Phi) is 19.7. The molecular formula is C30H55O10P17. The van der Waals surface area contributed by atoms with Gasteiger partial charge in [0.1, 0.15) is 23.9 Å². The van der Waals surface area contributed by atoms with E-state index in [1.165, 1.54) is 6.92 Å². The molecule has 0 aromatic heterocycles. The summed E-state index contributed by atoms with van der Waals surface area (Å²) in [7, 11) is 27.1. The summed E-state index contributed by atoms with van der Waals surface area (Å²) >= 11 is 0. The lowest BCUT2D eigenvalue weighted by atomic mass is 9.44. The Balaban J connectivity index is 1.85. The Morgan fingerprint density at radius 1 is 0.947 bits per heavy atom. The lowest BCUT2D eigenvalue weighted by Crippen LogP contribution is -2.82. The molecule has 0 spiro atoms. The second-order valence-electron chi connectivity index (χ2n) is 15.0. The van der Waals surface area contributed by atoms with Crippen molar-refractivity contribution in [2.75, 3.05) is 13.7 Å². The number of benzene rings is 1. The van der Waals surface area contributed by atoms with E-state index in [0.717, 1.165) is 5.57 Å². The largest absolute Gasteiger partial charge is 0.455 e. The van der Waals surface area contributed by atoms with Crippen LogP contribution < -0.4 is 0 Å². The van der Waals surface area contributed by atoms with Crippen molar-refractivity contribution in [3.63, 3.8) is 0 Å². The first-order valence-electron chi connectivity index (χ1n) is 17.5. The highest BCUT2D eigenvalue weighted by atomic mass is 33.2. The number of methoxy groups -OCH3 is 1. The third-order valence-corrected chi connectivity index (χ3v) is 85.6. The van der Waals surface area contributed by atoms with Crippen LogP contribution in [0.2, 0.25) is 0 Å². The molecule has 1 heterocycles. The summed E-state index contributed by atoms with van der Waals surface area (Å²) in [5.74, 6) is -2.62. The van der Waals surface area contributed by atoms with Crippen LogP contribution in [0.25, 0.3) is 0 Å². The third kappa shape index (κ3) is 10.3. The summed E-state index contributed by atoms with van der Waals surface area (Å²) in [6.07, 6.45) is -4.36. The quantitative estimate of drug-likeness (QED) is 0.109. The van der Waals surface area contributed by atoms with Crippen LogP contribution in [0.3, 0.4) is 0 Å². The predicted molar refractivity (Wildman–Crippen MR) is 282 cm³/mol. The van der Waals surface area contributed by atoms with E-state index < -0.39 is 120 Å². The molecule has 27 heteroatoms. The summed E-state index contributed by atoms with van der Waals surface area (Å²) in [6.45, 7) is 5.36. The van der Waals surface area contributed by atoms with Crippen molar-refractivity contribution in [3.05, 3.63) is 47.0 Å². The van der Waals surface area contributed by atoms with Crippen molar-refractivity contribution < 1.29 is 47.5 Å². The molecule has 57 heavy (non-hydrogen) atoms. The van der Waals surface area contributed by atoms with Gasteiger partial charge in [0.05, 0.1) is 43.2 Å². The van der Waals surface area contributed by atoms with Crippen LogP contribution in [0.5, 0.6) is 0 Å². The number of Topliss-reactive ketones (excluding diaryl/α,β-unsaturated/α-hetero) is 1. The fourth-order valence-corrected chi connectivity index (χ4v) is 130.